The van der Waals surface area contributed by atoms with Gasteiger partial charge in [0, 0.05) is 13.0 Å². The number of amides is 1. The third-order valence-corrected chi connectivity index (χ3v) is 1.31. The molecule has 3 heteroatoms. The normalized spacial score (nSPS) is 9.50. The molecule has 0 saturated heterocycles. The van der Waals surface area contributed by atoms with Gasteiger partial charge in [-0.2, -0.15) is 0 Å². The molecule has 1 amide bonds. The van der Waals surface area contributed by atoms with Crippen LogP contribution in [0.2, 0.25) is 0 Å². The standard InChI is InChI=1S/C7H15NO2/c1-3-5-6-8(10)7(9)4-2/h10H,3-6H2,1-2H3. The molecule has 0 atom stereocenters. The summed E-state index contributed by atoms with van der Waals surface area (Å²) in [7, 11) is 0. The van der Waals surface area contributed by atoms with Crippen molar-refractivity contribution in [2.45, 2.75) is 33.1 Å². The van der Waals surface area contributed by atoms with Gasteiger partial charge in [0.25, 0.3) is 0 Å². The number of carbonyl (C=O) groups is 1. The topological polar surface area (TPSA) is 40.5 Å². The molecule has 0 aromatic rings. The minimum Gasteiger partial charge on any atom is -0.286 e. The zero-order chi connectivity index (χ0) is 7.98. The van der Waals surface area contributed by atoms with Gasteiger partial charge in [-0.05, 0) is 6.42 Å². The van der Waals surface area contributed by atoms with Crippen molar-refractivity contribution in [2.24, 2.45) is 0 Å². The lowest BCUT2D eigenvalue weighted by Gasteiger charge is -2.12. The predicted octanol–water partition coefficient (Wildman–Crippen LogP) is 1.41. The Bertz CT molecular complexity index is 104. The van der Waals surface area contributed by atoms with Gasteiger partial charge in [-0.1, -0.05) is 20.3 Å². The number of hydroxylamine groups is 2. The number of hydrogen-bond donors (Lipinski definition) is 1. The maximum Gasteiger partial charge on any atom is 0.245 e. The van der Waals surface area contributed by atoms with Crippen LogP contribution >= 0.6 is 0 Å². The molecule has 0 bridgehead atoms. The van der Waals surface area contributed by atoms with Crippen LogP contribution in [-0.2, 0) is 4.79 Å². The summed E-state index contributed by atoms with van der Waals surface area (Å²) in [5.74, 6) is -0.201. The summed E-state index contributed by atoms with van der Waals surface area (Å²) < 4.78 is 0. The zero-order valence-corrected chi connectivity index (χ0v) is 6.63. The van der Waals surface area contributed by atoms with E-state index in [1.807, 2.05) is 6.92 Å². The van der Waals surface area contributed by atoms with Crippen molar-refractivity contribution in [3.05, 3.63) is 0 Å². The van der Waals surface area contributed by atoms with Crippen molar-refractivity contribution in [3.8, 4) is 0 Å². The van der Waals surface area contributed by atoms with Crippen molar-refractivity contribution in [3.63, 3.8) is 0 Å². The lowest BCUT2D eigenvalue weighted by molar-refractivity contribution is -0.165. The lowest BCUT2D eigenvalue weighted by atomic mass is 10.3. The van der Waals surface area contributed by atoms with E-state index in [1.54, 1.807) is 6.92 Å². The molecule has 0 aliphatic rings. The van der Waals surface area contributed by atoms with Crippen LogP contribution in [0.4, 0.5) is 0 Å². The summed E-state index contributed by atoms with van der Waals surface area (Å²) in [6, 6.07) is 0. The van der Waals surface area contributed by atoms with Crippen LogP contribution in [0.3, 0.4) is 0 Å². The van der Waals surface area contributed by atoms with Crippen molar-refractivity contribution < 1.29 is 10.0 Å². The molecule has 1 N–H and O–H groups in total. The molecule has 0 aliphatic carbocycles. The molecule has 0 aromatic carbocycles. The van der Waals surface area contributed by atoms with Gasteiger partial charge >= 0.3 is 0 Å². The largest absolute Gasteiger partial charge is 0.286 e. The Balaban J connectivity index is 3.41. The highest BCUT2D eigenvalue weighted by molar-refractivity contribution is 5.74. The Morgan fingerprint density at radius 2 is 2.10 bits per heavy atom. The van der Waals surface area contributed by atoms with Gasteiger partial charge in [0.1, 0.15) is 0 Å². The van der Waals surface area contributed by atoms with Crippen molar-refractivity contribution in [1.82, 2.24) is 5.06 Å². The van der Waals surface area contributed by atoms with Crippen molar-refractivity contribution >= 4 is 5.91 Å². The van der Waals surface area contributed by atoms with E-state index < -0.39 is 0 Å². The van der Waals surface area contributed by atoms with Crippen LogP contribution in [0.5, 0.6) is 0 Å². The number of hydrogen-bond acceptors (Lipinski definition) is 2. The summed E-state index contributed by atoms with van der Waals surface area (Å²) in [4.78, 5) is 10.7. The quantitative estimate of drug-likeness (QED) is 0.480. The Morgan fingerprint density at radius 3 is 2.50 bits per heavy atom. The zero-order valence-electron chi connectivity index (χ0n) is 6.63. The SMILES string of the molecule is CCCCN(O)C(=O)CC. The maximum absolute atomic E-state index is 10.7. The summed E-state index contributed by atoms with van der Waals surface area (Å²) >= 11 is 0. The summed E-state index contributed by atoms with van der Waals surface area (Å²) in [5.41, 5.74) is 0. The van der Waals surface area contributed by atoms with Crippen LogP contribution in [-0.4, -0.2) is 22.7 Å². The van der Waals surface area contributed by atoms with Gasteiger partial charge in [0.2, 0.25) is 5.91 Å². The minimum atomic E-state index is -0.201. The fourth-order valence-corrected chi connectivity index (χ4v) is 0.615. The first kappa shape index (κ1) is 9.43. The predicted molar refractivity (Wildman–Crippen MR) is 38.7 cm³/mol. The Kier molecular flexibility index (Phi) is 4.94. The Hall–Kier alpha value is -0.570. The molecule has 0 rings (SSSR count). The molecule has 60 valence electrons. The third kappa shape index (κ3) is 3.45. The summed E-state index contributed by atoms with van der Waals surface area (Å²) in [6.45, 7) is 4.21. The van der Waals surface area contributed by atoms with E-state index in [0.29, 0.717) is 13.0 Å². The van der Waals surface area contributed by atoms with Crippen molar-refractivity contribution in [1.29, 1.82) is 0 Å². The summed E-state index contributed by atoms with van der Waals surface area (Å²) in [5, 5.41) is 9.73. The molecule has 0 aliphatic heterocycles. The van der Waals surface area contributed by atoms with Gasteiger partial charge < -0.3 is 0 Å². The molecule has 0 radical (unpaired) electrons. The van der Waals surface area contributed by atoms with Gasteiger partial charge in [0.05, 0.1) is 0 Å². The smallest absolute Gasteiger partial charge is 0.245 e. The van der Waals surface area contributed by atoms with E-state index in [-0.39, 0.29) is 5.91 Å². The first-order chi connectivity index (χ1) is 4.72. The first-order valence-corrected chi connectivity index (χ1v) is 3.71. The molecule has 0 unspecified atom stereocenters. The maximum atomic E-state index is 10.7. The fraction of sp³-hybridized carbons (Fsp3) is 0.857. The van der Waals surface area contributed by atoms with Crippen LogP contribution in [0.15, 0.2) is 0 Å². The molecular weight excluding hydrogens is 130 g/mol. The number of rotatable bonds is 4. The molecule has 0 fully saturated rings. The first-order valence-electron chi connectivity index (χ1n) is 3.71. The van der Waals surface area contributed by atoms with Crippen molar-refractivity contribution in [2.75, 3.05) is 6.54 Å². The molecular formula is C7H15NO2. The minimum absolute atomic E-state index is 0.201. The highest BCUT2D eigenvalue weighted by Gasteiger charge is 2.05. The monoisotopic (exact) mass is 145 g/mol. The molecule has 10 heavy (non-hydrogen) atoms. The number of nitrogens with zero attached hydrogens (tertiary/aromatic N) is 1. The Labute approximate surface area is 61.6 Å². The lowest BCUT2D eigenvalue weighted by Crippen LogP contribution is -2.27. The molecule has 0 saturated carbocycles. The molecule has 3 nitrogen and oxygen atoms in total. The summed E-state index contributed by atoms with van der Waals surface area (Å²) in [6.07, 6.45) is 2.23. The van der Waals surface area contributed by atoms with Crippen LogP contribution in [0.25, 0.3) is 0 Å². The molecule has 0 spiro atoms. The third-order valence-electron chi connectivity index (χ3n) is 1.31. The van der Waals surface area contributed by atoms with Gasteiger partial charge in [-0.25, -0.2) is 5.06 Å². The van der Waals surface area contributed by atoms with E-state index in [0.717, 1.165) is 17.9 Å². The van der Waals surface area contributed by atoms with Gasteiger partial charge in [-0.15, -0.1) is 0 Å². The highest BCUT2D eigenvalue weighted by atomic mass is 16.5. The second kappa shape index (κ2) is 5.23. The van der Waals surface area contributed by atoms with E-state index in [4.69, 9.17) is 5.21 Å². The van der Waals surface area contributed by atoms with E-state index in [1.165, 1.54) is 0 Å². The molecule has 0 heterocycles. The number of carbonyl (C=O) groups excluding carboxylic acids is 1. The second-order valence-electron chi connectivity index (χ2n) is 2.22. The van der Waals surface area contributed by atoms with Gasteiger partial charge in [-0.3, -0.25) is 10.0 Å². The Morgan fingerprint density at radius 1 is 1.50 bits per heavy atom. The van der Waals surface area contributed by atoms with E-state index in [2.05, 4.69) is 0 Å². The van der Waals surface area contributed by atoms with Crippen LogP contribution < -0.4 is 0 Å². The van der Waals surface area contributed by atoms with Crippen LogP contribution in [0, 0.1) is 0 Å². The van der Waals surface area contributed by atoms with Crippen LogP contribution in [0.1, 0.15) is 33.1 Å². The van der Waals surface area contributed by atoms with Gasteiger partial charge in [0.15, 0.2) is 0 Å². The molecule has 0 aromatic heterocycles. The van der Waals surface area contributed by atoms with E-state index >= 15 is 0 Å². The second-order valence-corrected chi connectivity index (χ2v) is 2.22. The average molecular weight is 145 g/mol. The number of unbranched alkanes of at least 4 members (excludes halogenated alkanes) is 1. The average Bonchev–Trinajstić information content (AvgIpc) is 1.98. The van der Waals surface area contributed by atoms with E-state index in [9.17, 15) is 4.79 Å². The highest BCUT2D eigenvalue weighted by Crippen LogP contribution is 1.93. The fourth-order valence-electron chi connectivity index (χ4n) is 0.615.